The SMILES string of the molecule is COc1nc2cc(Br)ccc2cc1C(c1ccccc1)C(O)(CCc1ccccc1)CCN(C)C. The van der Waals surface area contributed by atoms with Crippen LogP contribution in [0.2, 0.25) is 0 Å². The van der Waals surface area contributed by atoms with Gasteiger partial charge in [0.1, 0.15) is 0 Å². The highest BCUT2D eigenvalue weighted by atomic mass is 79.9. The van der Waals surface area contributed by atoms with Gasteiger partial charge in [-0.15, -0.1) is 0 Å². The first-order valence-corrected chi connectivity index (χ1v) is 12.8. The van der Waals surface area contributed by atoms with E-state index >= 15 is 0 Å². The first-order chi connectivity index (χ1) is 16.9. The van der Waals surface area contributed by atoms with Gasteiger partial charge in [0.2, 0.25) is 5.88 Å². The molecule has 2 atom stereocenters. The van der Waals surface area contributed by atoms with E-state index in [0.717, 1.165) is 39.5 Å². The Morgan fingerprint density at radius 1 is 0.943 bits per heavy atom. The number of nitrogens with zero attached hydrogens (tertiary/aromatic N) is 2. The van der Waals surface area contributed by atoms with E-state index in [4.69, 9.17) is 9.72 Å². The summed E-state index contributed by atoms with van der Waals surface area (Å²) in [4.78, 5) is 6.98. The van der Waals surface area contributed by atoms with E-state index in [0.29, 0.717) is 18.7 Å². The Morgan fingerprint density at radius 3 is 2.29 bits per heavy atom. The number of aromatic nitrogens is 1. The van der Waals surface area contributed by atoms with Crippen molar-refractivity contribution in [1.82, 2.24) is 9.88 Å². The molecule has 0 bridgehead atoms. The number of rotatable bonds is 10. The Balaban J connectivity index is 1.86. The third kappa shape index (κ3) is 6.10. The van der Waals surface area contributed by atoms with E-state index < -0.39 is 5.60 Å². The van der Waals surface area contributed by atoms with Crippen LogP contribution in [-0.2, 0) is 6.42 Å². The van der Waals surface area contributed by atoms with Gasteiger partial charge in [0, 0.05) is 27.9 Å². The van der Waals surface area contributed by atoms with Crippen molar-refractivity contribution < 1.29 is 9.84 Å². The zero-order chi connectivity index (χ0) is 24.8. The summed E-state index contributed by atoms with van der Waals surface area (Å²) in [7, 11) is 5.75. The molecule has 1 N–H and O–H groups in total. The van der Waals surface area contributed by atoms with Crippen LogP contribution in [0.15, 0.2) is 89.4 Å². The molecule has 0 saturated carbocycles. The van der Waals surface area contributed by atoms with Crippen LogP contribution in [0.4, 0.5) is 0 Å². The molecule has 0 aliphatic rings. The fourth-order valence-electron chi connectivity index (χ4n) is 4.77. The van der Waals surface area contributed by atoms with Gasteiger partial charge in [0.25, 0.3) is 0 Å². The Bertz CT molecular complexity index is 1250. The normalized spacial score (nSPS) is 14.1. The fraction of sp³-hybridized carbons (Fsp3) is 0.300. The number of pyridine rings is 1. The highest BCUT2D eigenvalue weighted by Crippen LogP contribution is 2.44. The molecule has 182 valence electrons. The number of ether oxygens (including phenoxy) is 1. The smallest absolute Gasteiger partial charge is 0.217 e. The first-order valence-electron chi connectivity index (χ1n) is 12.0. The van der Waals surface area contributed by atoms with Gasteiger partial charge >= 0.3 is 0 Å². The predicted octanol–water partition coefficient (Wildman–Crippen LogP) is 6.45. The van der Waals surface area contributed by atoms with Crippen LogP contribution in [0.1, 0.15) is 35.4 Å². The lowest BCUT2D eigenvalue weighted by Gasteiger charge is -2.38. The molecular weight excluding hydrogens is 500 g/mol. The second kappa shape index (κ2) is 11.3. The molecule has 0 radical (unpaired) electrons. The molecule has 5 heteroatoms. The van der Waals surface area contributed by atoms with Crippen LogP contribution >= 0.6 is 15.9 Å². The minimum absolute atomic E-state index is 0.303. The average molecular weight is 534 g/mol. The summed E-state index contributed by atoms with van der Waals surface area (Å²) in [5.74, 6) is 0.246. The largest absolute Gasteiger partial charge is 0.481 e. The van der Waals surface area contributed by atoms with Crippen molar-refractivity contribution in [2.75, 3.05) is 27.7 Å². The van der Waals surface area contributed by atoms with Crippen LogP contribution in [0.5, 0.6) is 5.88 Å². The monoisotopic (exact) mass is 532 g/mol. The quantitative estimate of drug-likeness (QED) is 0.254. The third-order valence-corrected chi connectivity index (χ3v) is 7.12. The van der Waals surface area contributed by atoms with Gasteiger partial charge in [0.15, 0.2) is 0 Å². The topological polar surface area (TPSA) is 45.6 Å². The Hall–Kier alpha value is -2.73. The molecule has 0 saturated heterocycles. The Labute approximate surface area is 216 Å². The molecule has 0 aliphatic carbocycles. The van der Waals surface area contributed by atoms with Crippen LogP contribution in [0.3, 0.4) is 0 Å². The third-order valence-electron chi connectivity index (χ3n) is 6.63. The summed E-state index contributed by atoms with van der Waals surface area (Å²) in [6, 6.07) is 28.8. The fourth-order valence-corrected chi connectivity index (χ4v) is 5.12. The summed E-state index contributed by atoms with van der Waals surface area (Å²) in [6.07, 6.45) is 2.02. The maximum atomic E-state index is 12.5. The molecule has 35 heavy (non-hydrogen) atoms. The summed E-state index contributed by atoms with van der Waals surface area (Å²) >= 11 is 3.55. The molecule has 0 aliphatic heterocycles. The van der Waals surface area contributed by atoms with E-state index in [2.05, 4.69) is 69.4 Å². The van der Waals surface area contributed by atoms with E-state index in [1.54, 1.807) is 7.11 Å². The highest BCUT2D eigenvalue weighted by molar-refractivity contribution is 9.10. The molecular formula is C30H33BrN2O2. The maximum Gasteiger partial charge on any atom is 0.217 e. The Morgan fingerprint density at radius 2 is 1.63 bits per heavy atom. The van der Waals surface area contributed by atoms with Gasteiger partial charge in [-0.2, -0.15) is 0 Å². The number of benzene rings is 3. The van der Waals surface area contributed by atoms with Gasteiger partial charge in [-0.25, -0.2) is 4.98 Å². The number of hydrogen-bond acceptors (Lipinski definition) is 4. The van der Waals surface area contributed by atoms with E-state index in [9.17, 15) is 5.11 Å². The zero-order valence-electron chi connectivity index (χ0n) is 20.6. The lowest BCUT2D eigenvalue weighted by atomic mass is 9.72. The second-order valence-electron chi connectivity index (χ2n) is 9.41. The number of aryl methyl sites for hydroxylation is 1. The number of methoxy groups -OCH3 is 1. The standard InChI is InChI=1S/C30H33BrN2O2/c1-33(2)19-18-30(34,17-16-22-10-6-4-7-11-22)28(23-12-8-5-9-13-23)26-20-24-14-15-25(31)21-27(24)32-29(26)35-3/h4-15,20-21,28,34H,16-19H2,1-3H3. The maximum absolute atomic E-state index is 12.5. The summed E-state index contributed by atoms with van der Waals surface area (Å²) in [5, 5.41) is 13.5. The minimum atomic E-state index is -1.01. The number of hydrogen-bond donors (Lipinski definition) is 1. The predicted molar refractivity (Wildman–Crippen MR) is 147 cm³/mol. The summed E-state index contributed by atoms with van der Waals surface area (Å²) in [6.45, 7) is 0.769. The average Bonchev–Trinajstić information content (AvgIpc) is 2.87. The minimum Gasteiger partial charge on any atom is -0.481 e. The molecule has 1 aromatic heterocycles. The number of aliphatic hydroxyl groups is 1. The first kappa shape index (κ1) is 25.4. The molecule has 4 rings (SSSR count). The van der Waals surface area contributed by atoms with Crippen LogP contribution in [0, 0.1) is 0 Å². The molecule has 0 spiro atoms. The van der Waals surface area contributed by atoms with Gasteiger partial charge in [-0.1, -0.05) is 82.7 Å². The van der Waals surface area contributed by atoms with Crippen molar-refractivity contribution in [3.8, 4) is 5.88 Å². The van der Waals surface area contributed by atoms with Crippen LogP contribution < -0.4 is 4.74 Å². The summed E-state index contributed by atoms with van der Waals surface area (Å²) < 4.78 is 6.80. The van der Waals surface area contributed by atoms with E-state index in [1.807, 2.05) is 50.5 Å². The van der Waals surface area contributed by atoms with Crippen molar-refractivity contribution in [2.45, 2.75) is 30.8 Å². The van der Waals surface area contributed by atoms with E-state index in [1.165, 1.54) is 5.56 Å². The second-order valence-corrected chi connectivity index (χ2v) is 10.3. The molecule has 2 unspecified atom stereocenters. The lowest BCUT2D eigenvalue weighted by Crippen LogP contribution is -2.40. The summed E-state index contributed by atoms with van der Waals surface area (Å²) in [5.41, 5.74) is 3.02. The Kier molecular flexibility index (Phi) is 8.22. The highest BCUT2D eigenvalue weighted by Gasteiger charge is 2.40. The van der Waals surface area contributed by atoms with Crippen molar-refractivity contribution in [1.29, 1.82) is 0 Å². The molecule has 4 nitrogen and oxygen atoms in total. The van der Waals surface area contributed by atoms with Crippen molar-refractivity contribution in [2.24, 2.45) is 0 Å². The van der Waals surface area contributed by atoms with Crippen molar-refractivity contribution >= 4 is 26.8 Å². The van der Waals surface area contributed by atoms with Gasteiger partial charge in [0.05, 0.1) is 18.2 Å². The van der Waals surface area contributed by atoms with Gasteiger partial charge < -0.3 is 14.7 Å². The van der Waals surface area contributed by atoms with E-state index in [-0.39, 0.29) is 5.92 Å². The number of halogens is 1. The van der Waals surface area contributed by atoms with Crippen LogP contribution in [-0.4, -0.2) is 48.3 Å². The van der Waals surface area contributed by atoms with Crippen molar-refractivity contribution in [3.63, 3.8) is 0 Å². The molecule has 0 amide bonds. The van der Waals surface area contributed by atoms with Gasteiger partial charge in [-0.3, -0.25) is 0 Å². The molecule has 0 fully saturated rings. The van der Waals surface area contributed by atoms with Crippen LogP contribution in [0.25, 0.3) is 10.9 Å². The zero-order valence-corrected chi connectivity index (χ0v) is 22.2. The van der Waals surface area contributed by atoms with Crippen molar-refractivity contribution in [3.05, 3.63) is 106 Å². The molecule has 4 aromatic rings. The molecule has 1 heterocycles. The number of fused-ring (bicyclic) bond motifs is 1. The lowest BCUT2D eigenvalue weighted by molar-refractivity contribution is 0.000777. The molecule has 3 aromatic carbocycles. The van der Waals surface area contributed by atoms with Gasteiger partial charge in [-0.05, 0) is 62.7 Å².